The predicted molar refractivity (Wildman–Crippen MR) is 53.4 cm³/mol. The van der Waals surface area contributed by atoms with Gasteiger partial charge in [0, 0.05) is 13.1 Å². The van der Waals surface area contributed by atoms with Gasteiger partial charge in [0.15, 0.2) is 0 Å². The zero-order valence-corrected chi connectivity index (χ0v) is 8.74. The van der Waals surface area contributed by atoms with Crippen LogP contribution in [-0.2, 0) is 0 Å². The third-order valence-corrected chi connectivity index (χ3v) is 5.12. The van der Waals surface area contributed by atoms with E-state index in [1.165, 1.54) is 44.7 Å². The smallest absolute Gasteiger partial charge is 0.00209 e. The van der Waals surface area contributed by atoms with Gasteiger partial charge in [-0.1, -0.05) is 20.3 Å². The average Bonchev–Trinajstić information content (AvgIpc) is 2.09. The van der Waals surface area contributed by atoms with Crippen molar-refractivity contribution in [1.29, 1.82) is 0 Å². The summed E-state index contributed by atoms with van der Waals surface area (Å²) >= 11 is 0. The number of hydrogen-bond donors (Lipinski definition) is 0. The maximum Gasteiger partial charge on any atom is 0.00209 e. The Balaban J connectivity index is 2.30. The summed E-state index contributed by atoms with van der Waals surface area (Å²) in [5.74, 6) is 0. The molecule has 0 saturated carbocycles. The van der Waals surface area contributed by atoms with E-state index in [1.54, 1.807) is 0 Å². The van der Waals surface area contributed by atoms with Crippen molar-refractivity contribution in [2.45, 2.75) is 33.1 Å². The number of piperidine rings is 1. The lowest BCUT2D eigenvalue weighted by Crippen LogP contribution is -2.26. The molecule has 1 saturated heterocycles. The van der Waals surface area contributed by atoms with Gasteiger partial charge in [-0.2, -0.15) is 0 Å². The van der Waals surface area contributed by atoms with E-state index in [2.05, 4.69) is 18.5 Å². The minimum atomic E-state index is 0.259. The number of hydrogen-bond acceptors (Lipinski definition) is 1. The van der Waals surface area contributed by atoms with E-state index in [-0.39, 0.29) is 8.07 Å². The topological polar surface area (TPSA) is 3.24 Å². The second-order valence-corrected chi connectivity index (χ2v) is 6.00. The highest BCUT2D eigenvalue weighted by atomic mass is 31.1. The minimum absolute atomic E-state index is 0.259. The van der Waals surface area contributed by atoms with Gasteiger partial charge in [-0.05, 0) is 33.2 Å². The summed E-state index contributed by atoms with van der Waals surface area (Å²) in [6.07, 6.45) is 7.14. The van der Waals surface area contributed by atoms with Crippen LogP contribution in [0.3, 0.4) is 0 Å². The molecule has 1 aliphatic heterocycles. The highest BCUT2D eigenvalue weighted by molar-refractivity contribution is 7.55. The van der Waals surface area contributed by atoms with Crippen LogP contribution in [0.2, 0.25) is 0 Å². The lowest BCUT2D eigenvalue weighted by atomic mass is 10.2. The highest BCUT2D eigenvalue weighted by Crippen LogP contribution is 2.40. The van der Waals surface area contributed by atoms with E-state index in [4.69, 9.17) is 0 Å². The molecule has 0 amide bonds. The Morgan fingerprint density at radius 1 is 1.00 bits per heavy atom. The molecule has 1 fully saturated rings. The summed E-state index contributed by atoms with van der Waals surface area (Å²) in [7, 11) is 0.259. The van der Waals surface area contributed by atoms with Crippen molar-refractivity contribution >= 4 is 8.07 Å². The van der Waals surface area contributed by atoms with E-state index in [0.29, 0.717) is 0 Å². The maximum atomic E-state index is 2.73. The molecule has 66 valence electrons. The van der Waals surface area contributed by atoms with Crippen molar-refractivity contribution in [3.8, 4) is 0 Å². The Bertz CT molecular complexity index is 95.7. The van der Waals surface area contributed by atoms with Crippen LogP contribution in [0.25, 0.3) is 0 Å². The van der Waals surface area contributed by atoms with Crippen LogP contribution in [0.5, 0.6) is 0 Å². The number of nitrogens with zero attached hydrogens (tertiary/aromatic N) is 1. The monoisotopic (exact) mass is 173 g/mol. The van der Waals surface area contributed by atoms with Gasteiger partial charge in [0.25, 0.3) is 0 Å². The van der Waals surface area contributed by atoms with Crippen molar-refractivity contribution in [3.63, 3.8) is 0 Å². The Kier molecular flexibility index (Phi) is 4.40. The first-order valence-corrected chi connectivity index (χ1v) is 6.54. The van der Waals surface area contributed by atoms with Crippen molar-refractivity contribution in [2.24, 2.45) is 0 Å². The van der Waals surface area contributed by atoms with Crippen LogP contribution in [-0.4, -0.2) is 30.1 Å². The molecule has 0 aromatic rings. The van der Waals surface area contributed by atoms with Gasteiger partial charge in [0.05, 0.1) is 0 Å². The molecule has 0 N–H and O–H groups in total. The zero-order valence-electron chi connectivity index (χ0n) is 7.84. The first-order chi connectivity index (χ1) is 5.38. The van der Waals surface area contributed by atoms with Gasteiger partial charge in [-0.3, -0.25) is 4.67 Å². The molecule has 0 spiro atoms. The first kappa shape index (κ1) is 9.48. The summed E-state index contributed by atoms with van der Waals surface area (Å²) in [5, 5.41) is 0. The zero-order chi connectivity index (χ0) is 8.10. The standard InChI is InChI=1S/C9H20NP/c1-3-11(4-2)10-8-6-5-7-9-10/h3-9H2,1-2H3. The van der Waals surface area contributed by atoms with Crippen LogP contribution >= 0.6 is 8.07 Å². The van der Waals surface area contributed by atoms with Gasteiger partial charge in [-0.15, -0.1) is 0 Å². The second-order valence-electron chi connectivity index (χ2n) is 3.15. The van der Waals surface area contributed by atoms with Gasteiger partial charge < -0.3 is 0 Å². The second kappa shape index (κ2) is 5.11. The Morgan fingerprint density at radius 3 is 2.00 bits per heavy atom. The van der Waals surface area contributed by atoms with Gasteiger partial charge in [0.1, 0.15) is 0 Å². The molecular weight excluding hydrogens is 153 g/mol. The molecule has 1 heterocycles. The van der Waals surface area contributed by atoms with E-state index < -0.39 is 0 Å². The molecule has 0 bridgehead atoms. The summed E-state index contributed by atoms with van der Waals surface area (Å²) in [5.41, 5.74) is 0. The van der Waals surface area contributed by atoms with Crippen LogP contribution in [0.15, 0.2) is 0 Å². The van der Waals surface area contributed by atoms with E-state index in [0.717, 1.165) is 0 Å². The minimum Gasteiger partial charge on any atom is -0.282 e. The van der Waals surface area contributed by atoms with E-state index >= 15 is 0 Å². The average molecular weight is 173 g/mol. The van der Waals surface area contributed by atoms with Crippen molar-refractivity contribution in [2.75, 3.05) is 25.4 Å². The largest absolute Gasteiger partial charge is 0.282 e. The predicted octanol–water partition coefficient (Wildman–Crippen LogP) is 2.91. The Morgan fingerprint density at radius 2 is 1.55 bits per heavy atom. The summed E-state index contributed by atoms with van der Waals surface area (Å²) in [6.45, 7) is 7.44. The molecule has 0 aromatic heterocycles. The molecule has 0 aliphatic carbocycles. The molecule has 1 rings (SSSR count). The molecule has 0 radical (unpaired) electrons. The summed E-state index contributed by atoms with van der Waals surface area (Å²) in [4.78, 5) is 0. The lowest BCUT2D eigenvalue weighted by Gasteiger charge is -2.33. The molecule has 1 nitrogen and oxygen atoms in total. The van der Waals surface area contributed by atoms with Gasteiger partial charge in [-0.25, -0.2) is 0 Å². The molecule has 0 aromatic carbocycles. The van der Waals surface area contributed by atoms with Crippen molar-refractivity contribution < 1.29 is 0 Å². The van der Waals surface area contributed by atoms with Gasteiger partial charge in [0.2, 0.25) is 0 Å². The maximum absolute atomic E-state index is 2.73. The first-order valence-electron chi connectivity index (χ1n) is 4.88. The van der Waals surface area contributed by atoms with E-state index in [1.807, 2.05) is 0 Å². The molecule has 11 heavy (non-hydrogen) atoms. The SMILES string of the molecule is CCP(CC)N1CCCCC1. The fourth-order valence-electron chi connectivity index (χ4n) is 1.78. The summed E-state index contributed by atoms with van der Waals surface area (Å²) in [6, 6.07) is 0. The molecular formula is C9H20NP. The van der Waals surface area contributed by atoms with Crippen LogP contribution in [0.4, 0.5) is 0 Å². The van der Waals surface area contributed by atoms with E-state index in [9.17, 15) is 0 Å². The molecule has 2 heteroatoms. The fourth-order valence-corrected chi connectivity index (χ4v) is 3.88. The molecule has 0 unspecified atom stereocenters. The Hall–Kier alpha value is 0.390. The third-order valence-electron chi connectivity index (χ3n) is 2.46. The summed E-state index contributed by atoms with van der Waals surface area (Å²) < 4.78 is 2.73. The van der Waals surface area contributed by atoms with Gasteiger partial charge >= 0.3 is 0 Å². The quantitative estimate of drug-likeness (QED) is 0.593. The van der Waals surface area contributed by atoms with Crippen molar-refractivity contribution in [1.82, 2.24) is 4.67 Å². The highest BCUT2D eigenvalue weighted by Gasteiger charge is 2.16. The molecule has 1 aliphatic rings. The normalized spacial score (nSPS) is 21.0. The molecule has 0 atom stereocenters. The lowest BCUT2D eigenvalue weighted by molar-refractivity contribution is 0.369. The third kappa shape index (κ3) is 2.72. The Labute approximate surface area is 72.0 Å². The number of rotatable bonds is 3. The van der Waals surface area contributed by atoms with Crippen LogP contribution < -0.4 is 0 Å². The van der Waals surface area contributed by atoms with Crippen LogP contribution in [0.1, 0.15) is 33.1 Å². The van der Waals surface area contributed by atoms with Crippen molar-refractivity contribution in [3.05, 3.63) is 0 Å². The van der Waals surface area contributed by atoms with Crippen LogP contribution in [0, 0.1) is 0 Å². The fraction of sp³-hybridized carbons (Fsp3) is 1.00.